The van der Waals surface area contributed by atoms with E-state index in [1.807, 2.05) is 53.9 Å². The van der Waals surface area contributed by atoms with Gasteiger partial charge in [0.2, 0.25) is 0 Å². The molecule has 3 aromatic carbocycles. The molecule has 0 saturated carbocycles. The third-order valence-corrected chi connectivity index (χ3v) is 5.99. The number of hydrogen-bond acceptors (Lipinski definition) is 4. The van der Waals surface area contributed by atoms with Gasteiger partial charge in [-0.3, -0.25) is 4.79 Å². The van der Waals surface area contributed by atoms with Crippen molar-refractivity contribution in [1.29, 1.82) is 0 Å². The van der Waals surface area contributed by atoms with Gasteiger partial charge in [-0.15, -0.1) is 11.3 Å². The summed E-state index contributed by atoms with van der Waals surface area (Å²) in [4.78, 5) is 17.3. The maximum Gasteiger partial charge on any atom is 0.265 e. The molecule has 1 atom stereocenters. The molecule has 31 heavy (non-hydrogen) atoms. The lowest BCUT2D eigenvalue weighted by Gasteiger charge is -2.15. The second-order valence-electron chi connectivity index (χ2n) is 6.80. The Labute approximate surface area is 194 Å². The van der Waals surface area contributed by atoms with Crippen LogP contribution in [0.1, 0.15) is 6.92 Å². The van der Waals surface area contributed by atoms with Gasteiger partial charge in [-0.25, -0.2) is 4.98 Å². The summed E-state index contributed by atoms with van der Waals surface area (Å²) in [5, 5.41) is 7.00. The van der Waals surface area contributed by atoms with Crippen molar-refractivity contribution in [3.63, 3.8) is 0 Å². The number of rotatable bonds is 6. The highest BCUT2D eigenvalue weighted by molar-refractivity contribution is 7.13. The molecule has 0 radical (unpaired) electrons. The molecule has 0 aliphatic heterocycles. The van der Waals surface area contributed by atoms with Gasteiger partial charge in [-0.2, -0.15) is 0 Å². The third-order valence-electron chi connectivity index (χ3n) is 4.53. The number of amides is 1. The maximum atomic E-state index is 12.6. The Morgan fingerprint density at radius 2 is 1.81 bits per heavy atom. The van der Waals surface area contributed by atoms with Crippen molar-refractivity contribution in [3.05, 3.63) is 88.2 Å². The predicted octanol–water partition coefficient (Wildman–Crippen LogP) is 7.19. The molecule has 1 amide bonds. The van der Waals surface area contributed by atoms with E-state index in [0.717, 1.165) is 21.8 Å². The first-order valence-corrected chi connectivity index (χ1v) is 11.2. The molecule has 4 nitrogen and oxygen atoms in total. The highest BCUT2D eigenvalue weighted by Gasteiger charge is 2.16. The second kappa shape index (κ2) is 9.52. The van der Waals surface area contributed by atoms with Crippen molar-refractivity contribution in [1.82, 2.24) is 4.98 Å². The third kappa shape index (κ3) is 5.25. The Morgan fingerprint density at radius 1 is 1.03 bits per heavy atom. The van der Waals surface area contributed by atoms with Gasteiger partial charge in [0.15, 0.2) is 6.10 Å². The zero-order valence-electron chi connectivity index (χ0n) is 16.5. The van der Waals surface area contributed by atoms with Crippen LogP contribution in [-0.4, -0.2) is 17.0 Å². The van der Waals surface area contributed by atoms with E-state index >= 15 is 0 Å². The summed E-state index contributed by atoms with van der Waals surface area (Å²) < 4.78 is 5.69. The van der Waals surface area contributed by atoms with E-state index in [1.54, 1.807) is 31.2 Å². The summed E-state index contributed by atoms with van der Waals surface area (Å²) in [6, 6.07) is 22.1. The summed E-state index contributed by atoms with van der Waals surface area (Å²) in [5.41, 5.74) is 3.29. The summed E-state index contributed by atoms with van der Waals surface area (Å²) in [5.74, 6) is 0.331. The van der Waals surface area contributed by atoms with Crippen LogP contribution in [0.5, 0.6) is 5.75 Å². The number of carbonyl (C=O) groups excluding carboxylic acids is 1. The van der Waals surface area contributed by atoms with Gasteiger partial charge in [-0.1, -0.05) is 53.5 Å². The Kier molecular flexibility index (Phi) is 6.56. The fraction of sp³-hybridized carbons (Fsp3) is 0.0833. The van der Waals surface area contributed by atoms with Crippen LogP contribution >= 0.6 is 34.5 Å². The molecule has 0 bridgehead atoms. The van der Waals surface area contributed by atoms with E-state index < -0.39 is 6.10 Å². The van der Waals surface area contributed by atoms with E-state index in [4.69, 9.17) is 32.9 Å². The molecule has 0 aliphatic carbocycles. The van der Waals surface area contributed by atoms with Gasteiger partial charge in [0.25, 0.3) is 5.91 Å². The van der Waals surface area contributed by atoms with Crippen LogP contribution in [0.25, 0.3) is 21.8 Å². The SMILES string of the molecule is CC(Oc1ccc(Cl)cc1)C(=O)Nc1cccc(-c2csc(-c3ccccc3Cl)n2)c1. The van der Waals surface area contributed by atoms with Gasteiger partial charge in [0, 0.05) is 27.2 Å². The number of nitrogens with one attached hydrogen (secondary N) is 1. The van der Waals surface area contributed by atoms with Crippen molar-refractivity contribution < 1.29 is 9.53 Å². The molecule has 0 spiro atoms. The standard InChI is InChI=1S/C24H18Cl2N2O2S/c1-15(30-19-11-9-17(25)10-12-19)23(29)27-18-6-4-5-16(13-18)22-14-31-24(28-22)20-7-2-3-8-21(20)26/h2-15H,1H3,(H,27,29). The largest absolute Gasteiger partial charge is 0.481 e. The van der Waals surface area contributed by atoms with Crippen molar-refractivity contribution in [2.45, 2.75) is 13.0 Å². The van der Waals surface area contributed by atoms with Crippen LogP contribution in [-0.2, 0) is 4.79 Å². The monoisotopic (exact) mass is 468 g/mol. The first kappa shape index (κ1) is 21.4. The summed E-state index contributed by atoms with van der Waals surface area (Å²) in [6.07, 6.45) is -0.670. The second-order valence-corrected chi connectivity index (χ2v) is 8.50. The Bertz CT molecular complexity index is 1210. The molecule has 1 aromatic heterocycles. The van der Waals surface area contributed by atoms with E-state index in [-0.39, 0.29) is 5.91 Å². The Balaban J connectivity index is 1.46. The van der Waals surface area contributed by atoms with E-state index in [1.165, 1.54) is 11.3 Å². The lowest BCUT2D eigenvalue weighted by molar-refractivity contribution is -0.122. The average molecular weight is 469 g/mol. The molecule has 0 saturated heterocycles. The Hall–Kier alpha value is -2.86. The molecule has 4 aromatic rings. The van der Waals surface area contributed by atoms with Crippen LogP contribution in [0.15, 0.2) is 78.2 Å². The minimum absolute atomic E-state index is 0.248. The van der Waals surface area contributed by atoms with E-state index in [9.17, 15) is 4.79 Å². The number of anilines is 1. The predicted molar refractivity (Wildman–Crippen MR) is 128 cm³/mol. The number of aromatic nitrogens is 1. The van der Waals surface area contributed by atoms with E-state index in [0.29, 0.717) is 21.5 Å². The van der Waals surface area contributed by atoms with Crippen LogP contribution in [0, 0.1) is 0 Å². The smallest absolute Gasteiger partial charge is 0.265 e. The maximum absolute atomic E-state index is 12.6. The Morgan fingerprint density at radius 3 is 2.58 bits per heavy atom. The van der Waals surface area contributed by atoms with Crippen LogP contribution in [0.3, 0.4) is 0 Å². The number of benzene rings is 3. The first-order valence-electron chi connectivity index (χ1n) is 9.53. The van der Waals surface area contributed by atoms with Gasteiger partial charge >= 0.3 is 0 Å². The van der Waals surface area contributed by atoms with Gasteiger partial charge < -0.3 is 10.1 Å². The number of thiazole rings is 1. The lowest BCUT2D eigenvalue weighted by atomic mass is 10.1. The molecule has 1 N–H and O–H groups in total. The highest BCUT2D eigenvalue weighted by atomic mass is 35.5. The normalized spacial score (nSPS) is 11.7. The molecule has 1 unspecified atom stereocenters. The zero-order chi connectivity index (χ0) is 21.8. The molecule has 156 valence electrons. The highest BCUT2D eigenvalue weighted by Crippen LogP contribution is 2.33. The van der Waals surface area contributed by atoms with Crippen molar-refractivity contribution in [2.75, 3.05) is 5.32 Å². The lowest BCUT2D eigenvalue weighted by Crippen LogP contribution is -2.30. The fourth-order valence-corrected chi connectivity index (χ4v) is 4.21. The summed E-state index contributed by atoms with van der Waals surface area (Å²) >= 11 is 13.7. The number of ether oxygens (including phenoxy) is 1. The molecule has 7 heteroatoms. The average Bonchev–Trinajstić information content (AvgIpc) is 3.26. The van der Waals surface area contributed by atoms with Crippen LogP contribution < -0.4 is 10.1 Å². The van der Waals surface area contributed by atoms with Crippen LogP contribution in [0.2, 0.25) is 10.0 Å². The molecule has 0 fully saturated rings. The number of halogens is 2. The number of hydrogen-bond donors (Lipinski definition) is 1. The fourth-order valence-electron chi connectivity index (χ4n) is 2.94. The molecular formula is C24H18Cl2N2O2S. The van der Waals surface area contributed by atoms with Crippen molar-refractivity contribution in [3.8, 4) is 27.6 Å². The van der Waals surface area contributed by atoms with Gasteiger partial charge in [0.05, 0.1) is 10.7 Å². The molecule has 1 heterocycles. The first-order chi connectivity index (χ1) is 15.0. The molecule has 0 aliphatic rings. The minimum Gasteiger partial charge on any atom is -0.481 e. The van der Waals surface area contributed by atoms with Gasteiger partial charge in [0.1, 0.15) is 10.8 Å². The van der Waals surface area contributed by atoms with E-state index in [2.05, 4.69) is 5.32 Å². The van der Waals surface area contributed by atoms with Gasteiger partial charge in [-0.05, 0) is 49.4 Å². The number of carbonyl (C=O) groups is 1. The number of nitrogens with zero attached hydrogens (tertiary/aromatic N) is 1. The summed E-state index contributed by atoms with van der Waals surface area (Å²) in [7, 11) is 0. The molecular weight excluding hydrogens is 451 g/mol. The topological polar surface area (TPSA) is 51.2 Å². The van der Waals surface area contributed by atoms with Crippen molar-refractivity contribution in [2.24, 2.45) is 0 Å². The van der Waals surface area contributed by atoms with Crippen molar-refractivity contribution >= 4 is 46.1 Å². The van der Waals surface area contributed by atoms with Crippen LogP contribution in [0.4, 0.5) is 5.69 Å². The quantitative estimate of drug-likeness (QED) is 0.325. The molecule has 4 rings (SSSR count). The minimum atomic E-state index is -0.670. The zero-order valence-corrected chi connectivity index (χ0v) is 18.8. The summed E-state index contributed by atoms with van der Waals surface area (Å²) in [6.45, 7) is 1.70.